The zero-order valence-electron chi connectivity index (χ0n) is 19.3. The topological polar surface area (TPSA) is 71.5 Å². The molecule has 0 spiro atoms. The van der Waals surface area contributed by atoms with Crippen LogP contribution in [0, 0.1) is 0 Å². The average Bonchev–Trinajstić information content (AvgIpc) is 2.83. The molecule has 0 unspecified atom stereocenters. The number of halogens is 1. The third-order valence-corrected chi connectivity index (χ3v) is 7.18. The van der Waals surface area contributed by atoms with E-state index < -0.39 is 0 Å². The number of methoxy groups -OCH3 is 1. The molecule has 7 nitrogen and oxygen atoms in total. The van der Waals surface area contributed by atoms with Gasteiger partial charge in [-0.15, -0.1) is 0 Å². The van der Waals surface area contributed by atoms with Crippen molar-refractivity contribution in [1.82, 2.24) is 15.3 Å². The maximum Gasteiger partial charge on any atom is 0.234 e. The Labute approximate surface area is 206 Å². The number of anilines is 2. The van der Waals surface area contributed by atoms with Gasteiger partial charge in [0.2, 0.25) is 11.8 Å². The normalized spacial score (nSPS) is 20.2. The molecule has 2 saturated heterocycles. The van der Waals surface area contributed by atoms with Crippen LogP contribution in [-0.4, -0.2) is 54.5 Å². The van der Waals surface area contributed by atoms with E-state index in [-0.39, 0.29) is 5.41 Å². The van der Waals surface area contributed by atoms with Gasteiger partial charge in [0.15, 0.2) is 5.11 Å². The molecule has 0 aliphatic carbocycles. The zero-order valence-corrected chi connectivity index (χ0v) is 20.8. The van der Waals surface area contributed by atoms with Gasteiger partial charge in [-0.05, 0) is 68.9 Å². The molecular weight excluding hydrogens is 458 g/mol. The summed E-state index contributed by atoms with van der Waals surface area (Å²) in [6.07, 6.45) is 5.36. The molecule has 2 aliphatic heterocycles. The molecule has 3 heterocycles. The van der Waals surface area contributed by atoms with Gasteiger partial charge in [-0.1, -0.05) is 23.7 Å². The summed E-state index contributed by atoms with van der Waals surface area (Å²) in [7, 11) is 1.62. The van der Waals surface area contributed by atoms with Gasteiger partial charge in [0.1, 0.15) is 5.82 Å². The first kappa shape index (κ1) is 24.0. The largest absolute Gasteiger partial charge is 0.481 e. The third kappa shape index (κ3) is 5.86. The molecule has 2 aromatic rings. The highest BCUT2D eigenvalue weighted by Crippen LogP contribution is 2.35. The number of nitrogens with one attached hydrogen (secondary N) is 2. The van der Waals surface area contributed by atoms with Crippen LogP contribution < -0.4 is 20.3 Å². The van der Waals surface area contributed by atoms with Crippen LogP contribution in [0.5, 0.6) is 5.88 Å². The molecule has 33 heavy (non-hydrogen) atoms. The van der Waals surface area contributed by atoms with E-state index in [1.165, 1.54) is 12.0 Å². The van der Waals surface area contributed by atoms with Crippen LogP contribution in [0.25, 0.3) is 0 Å². The predicted octanol–water partition coefficient (Wildman–Crippen LogP) is 4.55. The minimum absolute atomic E-state index is 0.0987. The molecule has 2 fully saturated rings. The second kappa shape index (κ2) is 10.8. The second-order valence-corrected chi connectivity index (χ2v) is 9.69. The van der Waals surface area contributed by atoms with E-state index in [0.29, 0.717) is 42.7 Å². The monoisotopic (exact) mass is 489 g/mol. The van der Waals surface area contributed by atoms with E-state index in [2.05, 4.69) is 33.5 Å². The quantitative estimate of drug-likeness (QED) is 0.572. The van der Waals surface area contributed by atoms with Crippen molar-refractivity contribution in [3.8, 4) is 5.88 Å². The van der Waals surface area contributed by atoms with E-state index in [0.717, 1.165) is 43.1 Å². The standard InChI is InChI=1S/C24H32ClN5O2S/c1-17-6-3-4-11-30(17)20-15-21(31-2)28-22(27-20)29-23(33)26-16-24(9-12-32-13-10-24)18-7-5-8-19(25)14-18/h5,7-8,14-15,17H,3-4,6,9-13,16H2,1-2H3,(H2,26,27,28,29,33)/t17-/m0/s1. The summed E-state index contributed by atoms with van der Waals surface area (Å²) in [5.74, 6) is 1.81. The summed E-state index contributed by atoms with van der Waals surface area (Å²) < 4.78 is 11.1. The van der Waals surface area contributed by atoms with Crippen molar-refractivity contribution in [2.45, 2.75) is 50.5 Å². The Hall–Kier alpha value is -2.16. The van der Waals surface area contributed by atoms with Gasteiger partial charge in [-0.3, -0.25) is 0 Å². The van der Waals surface area contributed by atoms with Crippen LogP contribution in [-0.2, 0) is 10.2 Å². The molecule has 2 aliphatic rings. The number of piperidine rings is 1. The lowest BCUT2D eigenvalue weighted by atomic mass is 9.74. The van der Waals surface area contributed by atoms with Gasteiger partial charge < -0.3 is 25.0 Å². The highest BCUT2D eigenvalue weighted by Gasteiger charge is 2.34. The maximum atomic E-state index is 6.29. The summed E-state index contributed by atoms with van der Waals surface area (Å²) in [6, 6.07) is 10.4. The van der Waals surface area contributed by atoms with Gasteiger partial charge in [-0.2, -0.15) is 9.97 Å². The number of nitrogens with zero attached hydrogens (tertiary/aromatic N) is 3. The molecule has 4 rings (SSSR count). The van der Waals surface area contributed by atoms with Gasteiger partial charge in [0.05, 0.1) is 7.11 Å². The minimum atomic E-state index is -0.0987. The lowest BCUT2D eigenvalue weighted by molar-refractivity contribution is 0.0515. The summed E-state index contributed by atoms with van der Waals surface area (Å²) in [5.41, 5.74) is 1.10. The first-order chi connectivity index (χ1) is 16.0. The van der Waals surface area contributed by atoms with Gasteiger partial charge in [0.25, 0.3) is 0 Å². The van der Waals surface area contributed by atoms with Crippen molar-refractivity contribution in [3.63, 3.8) is 0 Å². The van der Waals surface area contributed by atoms with Crippen LogP contribution in [0.4, 0.5) is 11.8 Å². The number of hydrogen-bond acceptors (Lipinski definition) is 6. The van der Waals surface area contributed by atoms with Gasteiger partial charge >= 0.3 is 0 Å². The Morgan fingerprint density at radius 2 is 2.09 bits per heavy atom. The smallest absolute Gasteiger partial charge is 0.234 e. The maximum absolute atomic E-state index is 6.29. The van der Waals surface area contributed by atoms with E-state index in [1.807, 2.05) is 24.3 Å². The summed E-state index contributed by atoms with van der Waals surface area (Å²) in [5, 5.41) is 7.78. The first-order valence-electron chi connectivity index (χ1n) is 11.6. The van der Waals surface area contributed by atoms with Crippen molar-refractivity contribution >= 4 is 40.7 Å². The molecule has 1 aromatic heterocycles. The third-order valence-electron chi connectivity index (χ3n) is 6.70. The van der Waals surface area contributed by atoms with Crippen LogP contribution in [0.3, 0.4) is 0 Å². The average molecular weight is 490 g/mol. The minimum Gasteiger partial charge on any atom is -0.481 e. The van der Waals surface area contributed by atoms with E-state index in [9.17, 15) is 0 Å². The molecule has 0 bridgehead atoms. The fourth-order valence-electron chi connectivity index (χ4n) is 4.70. The molecule has 0 radical (unpaired) electrons. The summed E-state index contributed by atoms with van der Waals surface area (Å²) in [6.45, 7) is 5.31. The van der Waals surface area contributed by atoms with E-state index >= 15 is 0 Å². The van der Waals surface area contributed by atoms with E-state index in [4.69, 9.17) is 38.3 Å². The molecule has 9 heteroatoms. The van der Waals surface area contributed by atoms with Crippen LogP contribution in [0.1, 0.15) is 44.6 Å². The fourth-order valence-corrected chi connectivity index (χ4v) is 5.06. The van der Waals surface area contributed by atoms with Gasteiger partial charge in [0, 0.05) is 48.8 Å². The Bertz CT molecular complexity index is 970. The Kier molecular flexibility index (Phi) is 7.88. The van der Waals surface area contributed by atoms with Crippen molar-refractivity contribution in [2.24, 2.45) is 0 Å². The fraction of sp³-hybridized carbons (Fsp3) is 0.542. The van der Waals surface area contributed by atoms with Crippen LogP contribution in [0.2, 0.25) is 5.02 Å². The molecule has 0 saturated carbocycles. The second-order valence-electron chi connectivity index (χ2n) is 8.84. The summed E-state index contributed by atoms with van der Waals surface area (Å²) in [4.78, 5) is 11.5. The van der Waals surface area contributed by atoms with Crippen molar-refractivity contribution in [1.29, 1.82) is 0 Å². The number of aromatic nitrogens is 2. The van der Waals surface area contributed by atoms with Gasteiger partial charge in [-0.25, -0.2) is 0 Å². The molecular formula is C24H32ClN5O2S. The lowest BCUT2D eigenvalue weighted by Gasteiger charge is -2.38. The number of hydrogen-bond donors (Lipinski definition) is 2. The molecule has 2 N–H and O–H groups in total. The molecule has 0 amide bonds. The Balaban J connectivity index is 1.47. The number of thiocarbonyl (C=S) groups is 1. The highest BCUT2D eigenvalue weighted by molar-refractivity contribution is 7.80. The van der Waals surface area contributed by atoms with Crippen molar-refractivity contribution < 1.29 is 9.47 Å². The first-order valence-corrected chi connectivity index (χ1v) is 12.4. The van der Waals surface area contributed by atoms with E-state index in [1.54, 1.807) is 7.11 Å². The molecule has 1 atom stereocenters. The highest BCUT2D eigenvalue weighted by atomic mass is 35.5. The molecule has 178 valence electrons. The lowest BCUT2D eigenvalue weighted by Crippen LogP contribution is -2.45. The zero-order chi connectivity index (χ0) is 23.3. The van der Waals surface area contributed by atoms with Crippen molar-refractivity contribution in [3.05, 3.63) is 40.9 Å². The SMILES string of the molecule is COc1cc(N2CCCC[C@@H]2C)nc(NC(=S)NCC2(c3cccc(Cl)c3)CCOCC2)n1. The Morgan fingerprint density at radius 1 is 1.27 bits per heavy atom. The van der Waals surface area contributed by atoms with Crippen molar-refractivity contribution in [2.75, 3.05) is 43.6 Å². The van der Waals surface area contributed by atoms with Crippen LogP contribution in [0.15, 0.2) is 30.3 Å². The number of rotatable bonds is 6. The number of benzene rings is 1. The Morgan fingerprint density at radius 3 is 2.82 bits per heavy atom. The summed E-state index contributed by atoms with van der Waals surface area (Å²) >= 11 is 11.9. The molecule has 1 aromatic carbocycles. The predicted molar refractivity (Wildman–Crippen MR) is 137 cm³/mol. The number of ether oxygens (including phenoxy) is 2. The van der Waals surface area contributed by atoms with Crippen LogP contribution >= 0.6 is 23.8 Å².